The Labute approximate surface area is 119 Å². The third kappa shape index (κ3) is 5.80. The summed E-state index contributed by atoms with van der Waals surface area (Å²) in [6.07, 6.45) is 5.22. The zero-order valence-electron chi connectivity index (χ0n) is 13.4. The van der Waals surface area contributed by atoms with Crippen LogP contribution >= 0.6 is 0 Å². The van der Waals surface area contributed by atoms with E-state index in [4.69, 9.17) is 0 Å². The van der Waals surface area contributed by atoms with Gasteiger partial charge < -0.3 is 10.4 Å². The van der Waals surface area contributed by atoms with Crippen molar-refractivity contribution in [1.82, 2.24) is 10.2 Å². The number of rotatable bonds is 8. The lowest BCUT2D eigenvalue weighted by atomic mass is 9.78. The Kier molecular flexibility index (Phi) is 7.96. The van der Waals surface area contributed by atoms with Crippen LogP contribution in [0.3, 0.4) is 0 Å². The van der Waals surface area contributed by atoms with Crippen LogP contribution in [0.4, 0.5) is 0 Å². The first-order valence-electron chi connectivity index (χ1n) is 8.16. The number of hydrogen-bond acceptors (Lipinski definition) is 3. The van der Waals surface area contributed by atoms with Gasteiger partial charge in [0.15, 0.2) is 0 Å². The van der Waals surface area contributed by atoms with Crippen LogP contribution in [0.25, 0.3) is 0 Å². The largest absolute Gasteiger partial charge is 0.395 e. The van der Waals surface area contributed by atoms with Crippen LogP contribution in [0.15, 0.2) is 0 Å². The Morgan fingerprint density at radius 2 is 2.05 bits per heavy atom. The molecule has 0 aromatic carbocycles. The van der Waals surface area contributed by atoms with Gasteiger partial charge in [0.05, 0.1) is 6.61 Å². The van der Waals surface area contributed by atoms with Gasteiger partial charge in [-0.1, -0.05) is 13.8 Å². The van der Waals surface area contributed by atoms with Gasteiger partial charge in [-0.15, -0.1) is 0 Å². The highest BCUT2D eigenvalue weighted by molar-refractivity contribution is 4.86. The molecule has 3 atom stereocenters. The molecular formula is C16H34N2O. The summed E-state index contributed by atoms with van der Waals surface area (Å²) in [4.78, 5) is 2.43. The van der Waals surface area contributed by atoms with Crippen molar-refractivity contribution in [2.75, 3.05) is 26.2 Å². The maximum Gasteiger partial charge on any atom is 0.0558 e. The van der Waals surface area contributed by atoms with Gasteiger partial charge in [-0.3, -0.25) is 4.90 Å². The van der Waals surface area contributed by atoms with Gasteiger partial charge >= 0.3 is 0 Å². The van der Waals surface area contributed by atoms with Gasteiger partial charge in [0.2, 0.25) is 0 Å². The van der Waals surface area contributed by atoms with E-state index < -0.39 is 0 Å². The van der Waals surface area contributed by atoms with Gasteiger partial charge in [-0.05, 0) is 57.9 Å². The van der Waals surface area contributed by atoms with E-state index in [-0.39, 0.29) is 6.61 Å². The SMILES string of the molecule is CCCNC1CCC(C)CC1CN(CCO)C(C)C. The summed E-state index contributed by atoms with van der Waals surface area (Å²) in [5.74, 6) is 1.59. The number of aliphatic hydroxyl groups excluding tert-OH is 1. The van der Waals surface area contributed by atoms with Crippen molar-refractivity contribution in [3.63, 3.8) is 0 Å². The molecule has 0 aliphatic heterocycles. The quantitative estimate of drug-likeness (QED) is 0.711. The number of nitrogens with zero attached hydrogens (tertiary/aromatic N) is 1. The molecule has 1 saturated carbocycles. The van der Waals surface area contributed by atoms with E-state index in [1.165, 1.54) is 25.7 Å². The van der Waals surface area contributed by atoms with Crippen LogP contribution in [0, 0.1) is 11.8 Å². The van der Waals surface area contributed by atoms with Gasteiger partial charge in [0.1, 0.15) is 0 Å². The molecule has 1 fully saturated rings. The summed E-state index contributed by atoms with van der Waals surface area (Å²) >= 11 is 0. The van der Waals surface area contributed by atoms with Crippen molar-refractivity contribution in [2.45, 2.75) is 65.5 Å². The second-order valence-corrected chi connectivity index (χ2v) is 6.55. The minimum absolute atomic E-state index is 0.271. The first kappa shape index (κ1) is 16.9. The van der Waals surface area contributed by atoms with E-state index >= 15 is 0 Å². The lowest BCUT2D eigenvalue weighted by Gasteiger charge is -2.39. The molecule has 0 aromatic rings. The molecule has 2 N–H and O–H groups in total. The summed E-state index contributed by atoms with van der Waals surface area (Å²) in [7, 11) is 0. The van der Waals surface area contributed by atoms with Crippen LogP contribution < -0.4 is 5.32 Å². The molecule has 19 heavy (non-hydrogen) atoms. The van der Waals surface area contributed by atoms with E-state index in [0.717, 1.165) is 31.5 Å². The van der Waals surface area contributed by atoms with Crippen molar-refractivity contribution >= 4 is 0 Å². The molecule has 0 spiro atoms. The number of hydrogen-bond donors (Lipinski definition) is 2. The van der Waals surface area contributed by atoms with Crippen molar-refractivity contribution in [3.05, 3.63) is 0 Å². The third-order valence-electron chi connectivity index (χ3n) is 4.49. The minimum Gasteiger partial charge on any atom is -0.395 e. The molecule has 3 unspecified atom stereocenters. The molecule has 0 aromatic heterocycles. The normalized spacial score (nSPS) is 28.3. The Bertz CT molecular complexity index is 231. The van der Waals surface area contributed by atoms with Gasteiger partial charge in [-0.2, -0.15) is 0 Å². The highest BCUT2D eigenvalue weighted by Gasteiger charge is 2.29. The standard InChI is InChI=1S/C16H34N2O/c1-5-8-17-16-7-6-14(4)11-15(16)12-18(9-10-19)13(2)3/h13-17,19H,5-12H2,1-4H3. The van der Waals surface area contributed by atoms with Crippen LogP contribution in [-0.4, -0.2) is 48.3 Å². The van der Waals surface area contributed by atoms with Crippen molar-refractivity contribution in [2.24, 2.45) is 11.8 Å². The zero-order chi connectivity index (χ0) is 14.3. The summed E-state index contributed by atoms with van der Waals surface area (Å²) < 4.78 is 0. The van der Waals surface area contributed by atoms with Crippen molar-refractivity contribution in [1.29, 1.82) is 0 Å². The van der Waals surface area contributed by atoms with Crippen molar-refractivity contribution < 1.29 is 5.11 Å². The predicted molar refractivity (Wildman–Crippen MR) is 82.4 cm³/mol. The minimum atomic E-state index is 0.271. The fraction of sp³-hybridized carbons (Fsp3) is 1.00. The second-order valence-electron chi connectivity index (χ2n) is 6.55. The van der Waals surface area contributed by atoms with Gasteiger partial charge in [-0.25, -0.2) is 0 Å². The van der Waals surface area contributed by atoms with E-state index in [0.29, 0.717) is 12.1 Å². The molecule has 0 heterocycles. The Hall–Kier alpha value is -0.120. The zero-order valence-corrected chi connectivity index (χ0v) is 13.4. The monoisotopic (exact) mass is 270 g/mol. The first-order chi connectivity index (χ1) is 9.08. The summed E-state index contributed by atoms with van der Waals surface area (Å²) in [6.45, 7) is 12.4. The fourth-order valence-electron chi connectivity index (χ4n) is 3.29. The molecule has 114 valence electrons. The average molecular weight is 270 g/mol. The van der Waals surface area contributed by atoms with E-state index in [9.17, 15) is 5.11 Å². The highest BCUT2D eigenvalue weighted by Crippen LogP contribution is 2.30. The lowest BCUT2D eigenvalue weighted by Crippen LogP contribution is -2.47. The van der Waals surface area contributed by atoms with Crippen LogP contribution in [0.5, 0.6) is 0 Å². The molecule has 1 aliphatic rings. The predicted octanol–water partition coefficient (Wildman–Crippen LogP) is 2.49. The van der Waals surface area contributed by atoms with Gasteiger partial charge in [0, 0.05) is 25.2 Å². The first-order valence-corrected chi connectivity index (χ1v) is 8.16. The molecule has 0 bridgehead atoms. The molecule has 1 rings (SSSR count). The maximum absolute atomic E-state index is 9.22. The summed E-state index contributed by atoms with van der Waals surface area (Å²) in [5.41, 5.74) is 0. The number of nitrogens with one attached hydrogen (secondary N) is 1. The summed E-state index contributed by atoms with van der Waals surface area (Å²) in [6, 6.07) is 1.20. The highest BCUT2D eigenvalue weighted by atomic mass is 16.3. The van der Waals surface area contributed by atoms with Crippen LogP contribution in [0.1, 0.15) is 53.4 Å². The topological polar surface area (TPSA) is 35.5 Å². The molecule has 3 nitrogen and oxygen atoms in total. The Morgan fingerprint density at radius 1 is 1.32 bits per heavy atom. The lowest BCUT2D eigenvalue weighted by molar-refractivity contribution is 0.105. The second kappa shape index (κ2) is 8.93. The average Bonchev–Trinajstić information content (AvgIpc) is 2.37. The maximum atomic E-state index is 9.22. The molecule has 0 saturated heterocycles. The van der Waals surface area contributed by atoms with E-state index in [2.05, 4.69) is 37.9 Å². The summed E-state index contributed by atoms with van der Waals surface area (Å²) in [5, 5.41) is 13.0. The molecular weight excluding hydrogens is 236 g/mol. The molecule has 0 amide bonds. The van der Waals surface area contributed by atoms with Crippen LogP contribution in [0.2, 0.25) is 0 Å². The molecule has 0 radical (unpaired) electrons. The van der Waals surface area contributed by atoms with E-state index in [1.807, 2.05) is 0 Å². The molecule has 1 aliphatic carbocycles. The van der Waals surface area contributed by atoms with Gasteiger partial charge in [0.25, 0.3) is 0 Å². The third-order valence-corrected chi connectivity index (χ3v) is 4.49. The smallest absolute Gasteiger partial charge is 0.0558 e. The van der Waals surface area contributed by atoms with Crippen molar-refractivity contribution in [3.8, 4) is 0 Å². The molecule has 3 heteroatoms. The Balaban J connectivity index is 2.56. The van der Waals surface area contributed by atoms with Crippen LogP contribution in [-0.2, 0) is 0 Å². The Morgan fingerprint density at radius 3 is 2.63 bits per heavy atom. The van der Waals surface area contributed by atoms with E-state index in [1.54, 1.807) is 0 Å². The number of aliphatic hydroxyl groups is 1. The fourth-order valence-corrected chi connectivity index (χ4v) is 3.29.